The first-order valence-electron chi connectivity index (χ1n) is 7.83. The molecule has 1 amide bonds. The van der Waals surface area contributed by atoms with Crippen molar-refractivity contribution in [2.24, 2.45) is 5.41 Å². The first kappa shape index (κ1) is 17.8. The molecule has 6 heteroatoms. The summed E-state index contributed by atoms with van der Waals surface area (Å²) in [5.41, 5.74) is -0.429. The molecule has 1 aliphatic heterocycles. The number of hydrogen-bond donors (Lipinski definition) is 0. The summed E-state index contributed by atoms with van der Waals surface area (Å²) < 4.78 is 30.5. The van der Waals surface area contributed by atoms with Crippen LogP contribution in [0.2, 0.25) is 0 Å². The molecule has 0 saturated carbocycles. The lowest BCUT2D eigenvalue weighted by molar-refractivity contribution is -0.140. The van der Waals surface area contributed by atoms with Crippen molar-refractivity contribution < 1.29 is 17.9 Å². The predicted octanol–water partition coefficient (Wildman–Crippen LogP) is 2.51. The summed E-state index contributed by atoms with van der Waals surface area (Å²) in [4.78, 5) is 14.4. The minimum Gasteiger partial charge on any atom is -0.497 e. The molecule has 0 aromatic heterocycles. The molecule has 2 rings (SSSR count). The molecular weight excluding hydrogens is 314 g/mol. The lowest BCUT2D eigenvalue weighted by atomic mass is 9.93. The molecule has 0 N–H and O–H groups in total. The Labute approximate surface area is 138 Å². The zero-order valence-electron chi connectivity index (χ0n) is 14.2. The number of rotatable bonds is 3. The number of hydrogen-bond acceptors (Lipinski definition) is 4. The lowest BCUT2D eigenvalue weighted by Gasteiger charge is -2.35. The van der Waals surface area contributed by atoms with Crippen LogP contribution in [0.4, 0.5) is 0 Å². The molecule has 23 heavy (non-hydrogen) atoms. The van der Waals surface area contributed by atoms with E-state index in [2.05, 4.69) is 0 Å². The van der Waals surface area contributed by atoms with Crippen molar-refractivity contribution in [2.45, 2.75) is 43.8 Å². The highest BCUT2D eigenvalue weighted by Gasteiger charge is 2.35. The van der Waals surface area contributed by atoms with Crippen LogP contribution in [0.3, 0.4) is 0 Å². The minimum absolute atomic E-state index is 0.0813. The van der Waals surface area contributed by atoms with Crippen LogP contribution in [0, 0.1) is 5.41 Å². The standard InChI is InChI=1S/C17H25NO4S/c1-17(2,3)16(19)18-11-9-15(10-12-18)23(20,21)14-7-5-13(22-4)6-8-14/h5-8,15H,9-12H2,1-4H3. The smallest absolute Gasteiger partial charge is 0.227 e. The van der Waals surface area contributed by atoms with E-state index in [-0.39, 0.29) is 5.91 Å². The zero-order valence-corrected chi connectivity index (χ0v) is 15.0. The fourth-order valence-electron chi connectivity index (χ4n) is 2.80. The molecule has 1 saturated heterocycles. The largest absolute Gasteiger partial charge is 0.497 e. The van der Waals surface area contributed by atoms with Crippen LogP contribution in [-0.4, -0.2) is 44.7 Å². The van der Waals surface area contributed by atoms with Crippen molar-refractivity contribution >= 4 is 15.7 Å². The van der Waals surface area contributed by atoms with E-state index in [1.807, 2.05) is 20.8 Å². The van der Waals surface area contributed by atoms with Gasteiger partial charge in [-0.2, -0.15) is 0 Å². The Morgan fingerprint density at radius 2 is 1.65 bits per heavy atom. The molecule has 0 atom stereocenters. The van der Waals surface area contributed by atoms with E-state index in [0.717, 1.165) is 0 Å². The van der Waals surface area contributed by atoms with E-state index in [4.69, 9.17) is 4.74 Å². The highest BCUT2D eigenvalue weighted by Crippen LogP contribution is 2.28. The molecule has 0 aliphatic carbocycles. The second-order valence-corrected chi connectivity index (χ2v) is 9.19. The summed E-state index contributed by atoms with van der Waals surface area (Å²) in [6.45, 7) is 6.65. The Kier molecular flexibility index (Phi) is 5.04. The van der Waals surface area contributed by atoms with Gasteiger partial charge in [-0.15, -0.1) is 0 Å². The lowest BCUT2D eigenvalue weighted by Crippen LogP contribution is -2.46. The second kappa shape index (κ2) is 6.51. The Bertz CT molecular complexity index is 651. The zero-order chi connectivity index (χ0) is 17.3. The third kappa shape index (κ3) is 3.86. The van der Waals surface area contributed by atoms with Crippen LogP contribution >= 0.6 is 0 Å². The van der Waals surface area contributed by atoms with Gasteiger partial charge in [0.2, 0.25) is 5.91 Å². The maximum Gasteiger partial charge on any atom is 0.227 e. The number of piperidine rings is 1. The van der Waals surface area contributed by atoms with Crippen molar-refractivity contribution in [1.29, 1.82) is 0 Å². The monoisotopic (exact) mass is 339 g/mol. The van der Waals surface area contributed by atoms with Gasteiger partial charge in [0.1, 0.15) is 5.75 Å². The molecule has 0 bridgehead atoms. The van der Waals surface area contributed by atoms with E-state index in [1.165, 1.54) is 0 Å². The number of benzene rings is 1. The van der Waals surface area contributed by atoms with Gasteiger partial charge >= 0.3 is 0 Å². The number of carbonyl (C=O) groups excluding carboxylic acids is 1. The Balaban J connectivity index is 2.07. The normalized spacial score (nSPS) is 17.1. The van der Waals surface area contributed by atoms with Crippen LogP contribution in [0.5, 0.6) is 5.75 Å². The molecule has 1 heterocycles. The summed E-state index contributed by atoms with van der Waals surface area (Å²) in [6.07, 6.45) is 0.965. The van der Waals surface area contributed by atoms with Crippen LogP contribution in [-0.2, 0) is 14.6 Å². The summed E-state index contributed by atoms with van der Waals surface area (Å²) in [5, 5.41) is -0.431. The maximum atomic E-state index is 12.7. The molecule has 0 unspecified atom stereocenters. The van der Waals surface area contributed by atoms with E-state index in [0.29, 0.717) is 36.6 Å². The van der Waals surface area contributed by atoms with E-state index in [9.17, 15) is 13.2 Å². The van der Waals surface area contributed by atoms with E-state index < -0.39 is 20.5 Å². The first-order valence-corrected chi connectivity index (χ1v) is 9.38. The van der Waals surface area contributed by atoms with Crippen molar-refractivity contribution in [2.75, 3.05) is 20.2 Å². The Morgan fingerprint density at radius 1 is 1.13 bits per heavy atom. The van der Waals surface area contributed by atoms with Gasteiger partial charge in [-0.1, -0.05) is 20.8 Å². The Hall–Kier alpha value is -1.56. The van der Waals surface area contributed by atoms with Crippen molar-refractivity contribution in [3.63, 3.8) is 0 Å². The summed E-state index contributed by atoms with van der Waals surface area (Å²) in [7, 11) is -1.82. The minimum atomic E-state index is -3.37. The molecule has 0 radical (unpaired) electrons. The number of carbonyl (C=O) groups is 1. The summed E-state index contributed by atoms with van der Waals surface area (Å²) >= 11 is 0. The topological polar surface area (TPSA) is 63.7 Å². The average Bonchev–Trinajstić information content (AvgIpc) is 2.53. The molecule has 128 valence electrons. The van der Waals surface area contributed by atoms with Crippen LogP contribution in [0.1, 0.15) is 33.6 Å². The van der Waals surface area contributed by atoms with E-state index >= 15 is 0 Å². The van der Waals surface area contributed by atoms with Gasteiger partial charge in [0.05, 0.1) is 17.3 Å². The summed E-state index contributed by atoms with van der Waals surface area (Å²) in [5.74, 6) is 0.715. The average molecular weight is 339 g/mol. The van der Waals surface area contributed by atoms with E-state index in [1.54, 1.807) is 36.3 Å². The highest BCUT2D eigenvalue weighted by molar-refractivity contribution is 7.92. The number of methoxy groups -OCH3 is 1. The van der Waals surface area contributed by atoms with Crippen molar-refractivity contribution in [1.82, 2.24) is 4.90 Å². The van der Waals surface area contributed by atoms with Crippen LogP contribution in [0.15, 0.2) is 29.2 Å². The molecule has 1 aromatic carbocycles. The number of amides is 1. The third-order valence-corrected chi connectivity index (χ3v) is 6.48. The fourth-order valence-corrected chi connectivity index (χ4v) is 4.53. The maximum absolute atomic E-state index is 12.7. The number of sulfone groups is 1. The number of ether oxygens (including phenoxy) is 1. The molecular formula is C17H25NO4S. The first-order chi connectivity index (χ1) is 10.7. The van der Waals surface area contributed by atoms with Gasteiger partial charge in [-0.05, 0) is 37.1 Å². The molecule has 0 spiro atoms. The van der Waals surface area contributed by atoms with Gasteiger partial charge in [0.25, 0.3) is 0 Å². The SMILES string of the molecule is COc1ccc(S(=O)(=O)C2CCN(C(=O)C(C)(C)C)CC2)cc1. The van der Waals surface area contributed by atoms with Crippen LogP contribution in [0.25, 0.3) is 0 Å². The number of nitrogens with zero attached hydrogens (tertiary/aromatic N) is 1. The highest BCUT2D eigenvalue weighted by atomic mass is 32.2. The van der Waals surface area contributed by atoms with Gasteiger partial charge < -0.3 is 9.64 Å². The predicted molar refractivity (Wildman–Crippen MR) is 89.2 cm³/mol. The second-order valence-electron chi connectivity index (χ2n) is 6.96. The van der Waals surface area contributed by atoms with Gasteiger partial charge in [0.15, 0.2) is 9.84 Å². The molecule has 1 fully saturated rings. The summed E-state index contributed by atoms with van der Waals surface area (Å²) in [6, 6.07) is 6.48. The fraction of sp³-hybridized carbons (Fsp3) is 0.588. The quantitative estimate of drug-likeness (QED) is 0.849. The Morgan fingerprint density at radius 3 is 2.09 bits per heavy atom. The molecule has 1 aromatic rings. The van der Waals surface area contributed by atoms with Gasteiger partial charge in [0, 0.05) is 18.5 Å². The third-order valence-electron chi connectivity index (χ3n) is 4.20. The van der Waals surface area contributed by atoms with Crippen molar-refractivity contribution in [3.8, 4) is 5.75 Å². The molecule has 5 nitrogen and oxygen atoms in total. The van der Waals surface area contributed by atoms with Crippen molar-refractivity contribution in [3.05, 3.63) is 24.3 Å². The van der Waals surface area contributed by atoms with Gasteiger partial charge in [-0.3, -0.25) is 4.79 Å². The van der Waals surface area contributed by atoms with Gasteiger partial charge in [-0.25, -0.2) is 8.42 Å². The van der Waals surface area contributed by atoms with Crippen LogP contribution < -0.4 is 4.74 Å². The number of likely N-dealkylation sites (tertiary alicyclic amines) is 1. The molecule has 1 aliphatic rings.